The Bertz CT molecular complexity index is 1410. The summed E-state index contributed by atoms with van der Waals surface area (Å²) >= 11 is 0. The molecule has 3 N–H and O–H groups in total. The molecule has 43 heavy (non-hydrogen) atoms. The van der Waals surface area contributed by atoms with Crippen LogP contribution in [-0.2, 0) is 29.2 Å². The van der Waals surface area contributed by atoms with Gasteiger partial charge in [-0.1, -0.05) is 109 Å². The summed E-state index contributed by atoms with van der Waals surface area (Å²) in [7, 11) is 2.13. The molecule has 0 aromatic heterocycles. The van der Waals surface area contributed by atoms with Gasteiger partial charge in [0.25, 0.3) is 0 Å². The van der Waals surface area contributed by atoms with Gasteiger partial charge in [0.1, 0.15) is 0 Å². The van der Waals surface area contributed by atoms with Crippen molar-refractivity contribution in [3.63, 3.8) is 0 Å². The molecule has 1 fully saturated rings. The van der Waals surface area contributed by atoms with Gasteiger partial charge in [-0.3, -0.25) is 4.90 Å². The summed E-state index contributed by atoms with van der Waals surface area (Å²) in [5.74, 6) is 0. The average Bonchev–Trinajstić information content (AvgIpc) is 3.07. The molecule has 4 atom stereocenters. The number of nitrogens with one attached hydrogen (secondary N) is 2. The summed E-state index contributed by atoms with van der Waals surface area (Å²) in [5, 5.41) is 15.3. The Morgan fingerprint density at radius 1 is 0.791 bits per heavy atom. The number of likely N-dealkylation sites (N-methyl/N-ethyl adjacent to an activating group) is 1. The van der Waals surface area contributed by atoms with Gasteiger partial charge in [-0.2, -0.15) is 0 Å². The van der Waals surface area contributed by atoms with Crippen molar-refractivity contribution in [3.05, 3.63) is 143 Å². The normalized spacial score (nSPS) is 19.1. The number of carbonyl (C=O) groups is 1. The largest absolute Gasteiger partial charge is 0.392 e. The molecule has 7 heteroatoms. The van der Waals surface area contributed by atoms with Crippen LogP contribution in [0.1, 0.15) is 65.2 Å². The van der Waals surface area contributed by atoms with Crippen molar-refractivity contribution >= 4 is 6.03 Å². The maximum atomic E-state index is 12.3. The van der Waals surface area contributed by atoms with E-state index in [0.29, 0.717) is 13.1 Å². The molecule has 4 aromatic carbocycles. The van der Waals surface area contributed by atoms with Crippen LogP contribution in [0.5, 0.6) is 0 Å². The minimum Gasteiger partial charge on any atom is -0.392 e. The zero-order valence-corrected chi connectivity index (χ0v) is 24.9. The van der Waals surface area contributed by atoms with E-state index in [1.54, 1.807) is 0 Å². The molecule has 1 heterocycles. The number of benzene rings is 4. The maximum absolute atomic E-state index is 12.3. The average molecular weight is 580 g/mol. The molecular formula is C36H41N3O4. The summed E-state index contributed by atoms with van der Waals surface area (Å²) in [5.41, 5.74) is 6.17. The summed E-state index contributed by atoms with van der Waals surface area (Å²) < 4.78 is 13.1. The van der Waals surface area contributed by atoms with Crippen LogP contribution in [0.3, 0.4) is 0 Å². The number of rotatable bonds is 11. The highest BCUT2D eigenvalue weighted by atomic mass is 16.7. The number of amides is 2. The van der Waals surface area contributed by atoms with Crippen LogP contribution >= 0.6 is 0 Å². The summed E-state index contributed by atoms with van der Waals surface area (Å²) in [4.78, 5) is 14.6. The van der Waals surface area contributed by atoms with Crippen LogP contribution in [-0.4, -0.2) is 35.7 Å². The van der Waals surface area contributed by atoms with Gasteiger partial charge in [-0.25, -0.2) is 4.79 Å². The third-order valence-corrected chi connectivity index (χ3v) is 8.05. The van der Waals surface area contributed by atoms with Gasteiger partial charge in [-0.05, 0) is 41.8 Å². The first-order chi connectivity index (χ1) is 21.0. The van der Waals surface area contributed by atoms with E-state index in [9.17, 15) is 9.90 Å². The van der Waals surface area contributed by atoms with Crippen molar-refractivity contribution < 1.29 is 19.4 Å². The van der Waals surface area contributed by atoms with E-state index in [2.05, 4.69) is 53.8 Å². The molecule has 0 saturated carbocycles. The zero-order chi connectivity index (χ0) is 30.0. The van der Waals surface area contributed by atoms with Crippen molar-refractivity contribution in [2.75, 3.05) is 13.6 Å². The highest BCUT2D eigenvalue weighted by Crippen LogP contribution is 2.38. The smallest absolute Gasteiger partial charge is 0.315 e. The lowest BCUT2D eigenvalue weighted by molar-refractivity contribution is -0.253. The summed E-state index contributed by atoms with van der Waals surface area (Å²) in [6.45, 7) is 3.87. The minimum absolute atomic E-state index is 0.0121. The number of nitrogens with zero attached hydrogens (tertiary/aromatic N) is 1. The van der Waals surface area contributed by atoms with Gasteiger partial charge in [0.2, 0.25) is 0 Å². The fourth-order valence-corrected chi connectivity index (χ4v) is 5.31. The maximum Gasteiger partial charge on any atom is 0.315 e. The number of aliphatic hydroxyl groups is 1. The third-order valence-electron chi connectivity index (χ3n) is 8.05. The Labute approximate surface area is 254 Å². The number of hydrogen-bond acceptors (Lipinski definition) is 5. The predicted molar refractivity (Wildman–Crippen MR) is 168 cm³/mol. The Kier molecular flexibility index (Phi) is 10.6. The van der Waals surface area contributed by atoms with E-state index in [0.717, 1.165) is 40.8 Å². The van der Waals surface area contributed by atoms with Crippen LogP contribution in [0, 0.1) is 0 Å². The molecule has 2 amide bonds. The Hall–Kier alpha value is -4.01. The van der Waals surface area contributed by atoms with Gasteiger partial charge in [0.05, 0.1) is 18.8 Å². The minimum atomic E-state index is -0.530. The fourth-order valence-electron chi connectivity index (χ4n) is 5.31. The van der Waals surface area contributed by atoms with E-state index >= 15 is 0 Å². The van der Waals surface area contributed by atoms with E-state index in [4.69, 9.17) is 9.47 Å². The highest BCUT2D eigenvalue weighted by molar-refractivity contribution is 5.73. The van der Waals surface area contributed by atoms with Crippen molar-refractivity contribution in [2.45, 2.75) is 57.6 Å². The van der Waals surface area contributed by atoms with Crippen LogP contribution in [0.2, 0.25) is 0 Å². The molecule has 1 aliphatic rings. The Morgan fingerprint density at radius 2 is 1.35 bits per heavy atom. The summed E-state index contributed by atoms with van der Waals surface area (Å²) in [6, 6.07) is 36.3. The van der Waals surface area contributed by atoms with Gasteiger partial charge in [0.15, 0.2) is 6.29 Å². The molecule has 0 radical (unpaired) electrons. The van der Waals surface area contributed by atoms with Gasteiger partial charge >= 0.3 is 6.03 Å². The first-order valence-corrected chi connectivity index (χ1v) is 14.9. The van der Waals surface area contributed by atoms with Crippen LogP contribution in [0.15, 0.2) is 109 Å². The van der Waals surface area contributed by atoms with Gasteiger partial charge < -0.3 is 25.2 Å². The molecule has 1 aliphatic heterocycles. The lowest BCUT2D eigenvalue weighted by atomic mass is 9.99. The first-order valence-electron chi connectivity index (χ1n) is 14.9. The fraction of sp³-hybridized carbons (Fsp3) is 0.306. The molecule has 5 rings (SSSR count). The van der Waals surface area contributed by atoms with Crippen molar-refractivity contribution in [1.82, 2.24) is 15.5 Å². The molecule has 7 nitrogen and oxygen atoms in total. The van der Waals surface area contributed by atoms with E-state index in [1.807, 2.05) is 84.9 Å². The second kappa shape index (κ2) is 14.9. The van der Waals surface area contributed by atoms with Gasteiger partial charge in [-0.15, -0.1) is 0 Å². The van der Waals surface area contributed by atoms with Crippen LogP contribution in [0.4, 0.5) is 4.79 Å². The molecule has 0 unspecified atom stereocenters. The number of carbonyl (C=O) groups excluding carboxylic acids is 1. The Balaban J connectivity index is 1.23. The monoisotopic (exact) mass is 579 g/mol. The van der Waals surface area contributed by atoms with Gasteiger partial charge in [0, 0.05) is 37.7 Å². The SMILES string of the molecule is C[C@@H](c1ccccc1)N(C)C[C@H]1C[C@@H](c2ccc(CO)cc2)O[C@@H](c2ccc(CNC(=O)NCc3ccccc3)cc2)O1. The molecule has 224 valence electrons. The zero-order valence-electron chi connectivity index (χ0n) is 24.9. The van der Waals surface area contributed by atoms with Crippen molar-refractivity contribution in [3.8, 4) is 0 Å². The third kappa shape index (κ3) is 8.52. The number of hydrogen-bond donors (Lipinski definition) is 3. The molecule has 0 aliphatic carbocycles. The standard InChI is InChI=1S/C36H41N3O4/c1-26(30-11-7-4-8-12-30)39(2)24-33-21-34(31-17-15-29(25-40)16-18-31)43-35(42-33)32-19-13-28(14-20-32)23-38-36(41)37-22-27-9-5-3-6-10-27/h3-20,26,33-35,40H,21-25H2,1-2H3,(H2,37,38,41)/t26-,33+,34-,35-/m0/s1. The van der Waals surface area contributed by atoms with Crippen LogP contribution in [0.25, 0.3) is 0 Å². The molecule has 0 bridgehead atoms. The quantitative estimate of drug-likeness (QED) is 0.191. The molecule has 1 saturated heterocycles. The lowest BCUT2D eigenvalue weighted by Gasteiger charge is -2.39. The second-order valence-electron chi connectivity index (χ2n) is 11.1. The predicted octanol–water partition coefficient (Wildman–Crippen LogP) is 6.42. The van der Waals surface area contributed by atoms with Crippen molar-refractivity contribution in [2.24, 2.45) is 0 Å². The highest BCUT2D eigenvalue weighted by Gasteiger charge is 2.33. The number of ether oxygens (including phenoxy) is 2. The lowest BCUT2D eigenvalue weighted by Crippen LogP contribution is -2.38. The number of aliphatic hydroxyl groups excluding tert-OH is 1. The molecular weight excluding hydrogens is 538 g/mol. The molecule has 4 aromatic rings. The topological polar surface area (TPSA) is 83.1 Å². The first kappa shape index (κ1) is 30.4. The Morgan fingerprint density at radius 3 is 1.98 bits per heavy atom. The van der Waals surface area contributed by atoms with Crippen LogP contribution < -0.4 is 10.6 Å². The van der Waals surface area contributed by atoms with E-state index < -0.39 is 6.29 Å². The summed E-state index contributed by atoms with van der Waals surface area (Å²) in [6.07, 6.45) is -0.00229. The van der Waals surface area contributed by atoms with E-state index in [1.165, 1.54) is 5.56 Å². The van der Waals surface area contributed by atoms with Crippen molar-refractivity contribution in [1.29, 1.82) is 0 Å². The molecule has 0 spiro atoms. The van der Waals surface area contributed by atoms with E-state index in [-0.39, 0.29) is 30.9 Å². The number of urea groups is 1. The second-order valence-corrected chi connectivity index (χ2v) is 11.1.